The second kappa shape index (κ2) is 6.65. The second-order valence-electron chi connectivity index (χ2n) is 7.40. The summed E-state index contributed by atoms with van der Waals surface area (Å²) in [6.45, 7) is 0.607. The molecule has 1 atom stereocenters. The van der Waals surface area contributed by atoms with Crippen molar-refractivity contribution in [3.63, 3.8) is 0 Å². The molecule has 0 fully saturated rings. The van der Waals surface area contributed by atoms with E-state index in [4.69, 9.17) is 4.98 Å². The first-order chi connectivity index (χ1) is 13.3. The van der Waals surface area contributed by atoms with Crippen LogP contribution in [-0.2, 0) is 19.3 Å². The highest BCUT2D eigenvalue weighted by atomic mass is 16.2. The molecular weight excluding hydrogens is 336 g/mol. The SMILES string of the molecule is O=C(c1ccc2c(n1)CCCC2)N1CC(n2cccn2)Cc2ccccc21. The monoisotopic (exact) mass is 358 g/mol. The van der Waals surface area contributed by atoms with Crippen molar-refractivity contribution in [2.24, 2.45) is 0 Å². The number of nitrogens with zero attached hydrogens (tertiary/aromatic N) is 4. The van der Waals surface area contributed by atoms with Gasteiger partial charge in [-0.1, -0.05) is 24.3 Å². The molecule has 136 valence electrons. The van der Waals surface area contributed by atoms with Crippen molar-refractivity contribution in [2.45, 2.75) is 38.1 Å². The van der Waals surface area contributed by atoms with Crippen LogP contribution in [0.1, 0.15) is 46.2 Å². The van der Waals surface area contributed by atoms with E-state index in [1.807, 2.05) is 46.1 Å². The van der Waals surface area contributed by atoms with E-state index in [0.717, 1.165) is 37.1 Å². The molecular formula is C22H22N4O. The minimum atomic E-state index is -0.0207. The first-order valence-electron chi connectivity index (χ1n) is 9.67. The van der Waals surface area contributed by atoms with Crippen LogP contribution in [0.3, 0.4) is 0 Å². The minimum absolute atomic E-state index is 0.0207. The van der Waals surface area contributed by atoms with E-state index in [0.29, 0.717) is 12.2 Å². The summed E-state index contributed by atoms with van der Waals surface area (Å²) in [4.78, 5) is 20.0. The van der Waals surface area contributed by atoms with Crippen molar-refractivity contribution in [3.8, 4) is 0 Å². The van der Waals surface area contributed by atoms with Gasteiger partial charge in [0, 0.05) is 30.3 Å². The fourth-order valence-corrected chi connectivity index (χ4v) is 4.28. The lowest BCUT2D eigenvalue weighted by molar-refractivity contribution is 0.0975. The molecule has 1 amide bonds. The van der Waals surface area contributed by atoms with E-state index < -0.39 is 0 Å². The van der Waals surface area contributed by atoms with Gasteiger partial charge in [0.2, 0.25) is 0 Å². The number of carbonyl (C=O) groups is 1. The molecule has 0 spiro atoms. The van der Waals surface area contributed by atoms with Crippen molar-refractivity contribution < 1.29 is 4.79 Å². The Labute approximate surface area is 158 Å². The van der Waals surface area contributed by atoms with Crippen LogP contribution in [0.25, 0.3) is 0 Å². The van der Waals surface area contributed by atoms with Crippen molar-refractivity contribution in [1.82, 2.24) is 14.8 Å². The number of amides is 1. The van der Waals surface area contributed by atoms with Crippen LogP contribution in [0.2, 0.25) is 0 Å². The maximum absolute atomic E-state index is 13.4. The molecule has 27 heavy (non-hydrogen) atoms. The van der Waals surface area contributed by atoms with Gasteiger partial charge >= 0.3 is 0 Å². The van der Waals surface area contributed by atoms with Gasteiger partial charge < -0.3 is 4.90 Å². The smallest absolute Gasteiger partial charge is 0.276 e. The van der Waals surface area contributed by atoms with Gasteiger partial charge in [-0.05, 0) is 61.4 Å². The third-order valence-electron chi connectivity index (χ3n) is 5.67. The van der Waals surface area contributed by atoms with Gasteiger partial charge in [0.1, 0.15) is 5.69 Å². The molecule has 0 radical (unpaired) electrons. The number of fused-ring (bicyclic) bond motifs is 2. The zero-order valence-electron chi connectivity index (χ0n) is 15.2. The molecule has 1 aromatic carbocycles. The largest absolute Gasteiger partial charge is 0.305 e. The van der Waals surface area contributed by atoms with E-state index in [1.165, 1.54) is 17.5 Å². The number of para-hydroxylation sites is 1. The standard InChI is InChI=1S/C22H22N4O/c27-22(20-11-10-16-6-1-3-8-19(16)24-20)25-15-18(26-13-5-12-23-26)14-17-7-2-4-9-21(17)25/h2,4-5,7,9-13,18H,1,3,6,8,14-15H2. The van der Waals surface area contributed by atoms with Crippen LogP contribution < -0.4 is 4.90 Å². The summed E-state index contributed by atoms with van der Waals surface area (Å²) in [5, 5.41) is 4.40. The van der Waals surface area contributed by atoms with Crippen LogP contribution in [0, 0.1) is 0 Å². The van der Waals surface area contributed by atoms with E-state index in [1.54, 1.807) is 6.20 Å². The molecule has 0 saturated heterocycles. The Morgan fingerprint density at radius 3 is 2.78 bits per heavy atom. The maximum atomic E-state index is 13.4. The highest BCUT2D eigenvalue weighted by Crippen LogP contribution is 2.32. The predicted molar refractivity (Wildman–Crippen MR) is 104 cm³/mol. The summed E-state index contributed by atoms with van der Waals surface area (Å²) in [5.41, 5.74) is 5.11. The van der Waals surface area contributed by atoms with Gasteiger partial charge in [-0.25, -0.2) is 4.98 Å². The third-order valence-corrected chi connectivity index (χ3v) is 5.67. The fourth-order valence-electron chi connectivity index (χ4n) is 4.28. The summed E-state index contributed by atoms with van der Waals surface area (Å²) in [7, 11) is 0. The number of aromatic nitrogens is 3. The molecule has 0 bridgehead atoms. The van der Waals surface area contributed by atoms with Crippen LogP contribution in [0.15, 0.2) is 54.9 Å². The summed E-state index contributed by atoms with van der Waals surface area (Å²) in [6, 6.07) is 14.2. The van der Waals surface area contributed by atoms with Gasteiger partial charge in [0.05, 0.1) is 6.04 Å². The lowest BCUT2D eigenvalue weighted by Crippen LogP contribution is -2.41. The number of rotatable bonds is 2. The number of pyridine rings is 1. The number of hydrogen-bond acceptors (Lipinski definition) is 3. The molecule has 0 N–H and O–H groups in total. The number of hydrogen-bond donors (Lipinski definition) is 0. The predicted octanol–water partition coefficient (Wildman–Crippen LogP) is 3.60. The quantitative estimate of drug-likeness (QED) is 0.703. The molecule has 1 aliphatic heterocycles. The molecule has 2 aliphatic rings. The van der Waals surface area contributed by atoms with Gasteiger partial charge in [0.25, 0.3) is 5.91 Å². The molecule has 2 aromatic heterocycles. The lowest BCUT2D eigenvalue weighted by Gasteiger charge is -2.34. The zero-order valence-corrected chi connectivity index (χ0v) is 15.2. The van der Waals surface area contributed by atoms with Gasteiger partial charge in [-0.3, -0.25) is 9.48 Å². The van der Waals surface area contributed by atoms with Crippen molar-refractivity contribution in [1.29, 1.82) is 0 Å². The highest BCUT2D eigenvalue weighted by Gasteiger charge is 2.31. The lowest BCUT2D eigenvalue weighted by atomic mass is 9.95. The Bertz CT molecular complexity index is 980. The fraction of sp³-hybridized carbons (Fsp3) is 0.318. The molecule has 1 unspecified atom stereocenters. The number of carbonyl (C=O) groups excluding carboxylic acids is 1. The van der Waals surface area contributed by atoms with Gasteiger partial charge in [-0.2, -0.15) is 5.10 Å². The maximum Gasteiger partial charge on any atom is 0.276 e. The van der Waals surface area contributed by atoms with Crippen LogP contribution in [-0.4, -0.2) is 27.2 Å². The topological polar surface area (TPSA) is 51.0 Å². The average molecular weight is 358 g/mol. The number of benzene rings is 1. The molecule has 0 saturated carbocycles. The Morgan fingerprint density at radius 2 is 1.89 bits per heavy atom. The van der Waals surface area contributed by atoms with Crippen molar-refractivity contribution >= 4 is 11.6 Å². The first-order valence-corrected chi connectivity index (χ1v) is 9.67. The summed E-state index contributed by atoms with van der Waals surface area (Å²) >= 11 is 0. The Kier molecular flexibility index (Phi) is 4.00. The average Bonchev–Trinajstić information content (AvgIpc) is 3.27. The number of aryl methyl sites for hydroxylation is 2. The Hall–Kier alpha value is -2.95. The third kappa shape index (κ3) is 2.93. The van der Waals surface area contributed by atoms with Crippen LogP contribution in [0.5, 0.6) is 0 Å². The molecule has 5 rings (SSSR count). The van der Waals surface area contributed by atoms with Crippen molar-refractivity contribution in [2.75, 3.05) is 11.4 Å². The number of anilines is 1. The Balaban J connectivity index is 1.51. The van der Waals surface area contributed by atoms with Crippen molar-refractivity contribution in [3.05, 3.63) is 77.4 Å². The molecule has 3 heterocycles. The first kappa shape index (κ1) is 16.2. The highest BCUT2D eigenvalue weighted by molar-refractivity contribution is 6.05. The molecule has 3 aromatic rings. The van der Waals surface area contributed by atoms with E-state index in [9.17, 15) is 4.79 Å². The second-order valence-corrected chi connectivity index (χ2v) is 7.40. The Morgan fingerprint density at radius 1 is 1.00 bits per heavy atom. The van der Waals surface area contributed by atoms with E-state index in [2.05, 4.69) is 17.2 Å². The van der Waals surface area contributed by atoms with Crippen LogP contribution >= 0.6 is 0 Å². The zero-order chi connectivity index (χ0) is 18.2. The molecule has 1 aliphatic carbocycles. The summed E-state index contributed by atoms with van der Waals surface area (Å²) < 4.78 is 1.95. The van der Waals surface area contributed by atoms with E-state index in [-0.39, 0.29) is 11.9 Å². The minimum Gasteiger partial charge on any atom is -0.305 e. The van der Waals surface area contributed by atoms with E-state index >= 15 is 0 Å². The molecule has 5 nitrogen and oxygen atoms in total. The van der Waals surface area contributed by atoms with Crippen LogP contribution in [0.4, 0.5) is 5.69 Å². The summed E-state index contributed by atoms with van der Waals surface area (Å²) in [6.07, 6.45) is 9.06. The molecule has 5 heteroatoms. The van der Waals surface area contributed by atoms with Gasteiger partial charge in [-0.15, -0.1) is 0 Å². The summed E-state index contributed by atoms with van der Waals surface area (Å²) in [5.74, 6) is -0.0207. The normalized spacial score (nSPS) is 18.7. The van der Waals surface area contributed by atoms with Gasteiger partial charge in [0.15, 0.2) is 0 Å².